The van der Waals surface area contributed by atoms with Crippen molar-refractivity contribution >= 4 is 51.1 Å². The van der Waals surface area contributed by atoms with Crippen LogP contribution in [-0.2, 0) is 17.6 Å². The average Bonchev–Trinajstić information content (AvgIpc) is 3.36. The molecule has 1 aliphatic heterocycles. The molecule has 0 amide bonds. The van der Waals surface area contributed by atoms with Crippen LogP contribution in [0.4, 0.5) is 16.6 Å². The first-order valence-corrected chi connectivity index (χ1v) is 15.1. The molecule has 1 saturated heterocycles. The maximum absolute atomic E-state index is 13.1. The summed E-state index contributed by atoms with van der Waals surface area (Å²) in [5.41, 5.74) is 4.74. The van der Waals surface area contributed by atoms with E-state index in [1.807, 2.05) is 37.3 Å². The minimum Gasteiger partial charge on any atom is -0.462 e. The van der Waals surface area contributed by atoms with Gasteiger partial charge >= 0.3 is 5.97 Å². The fraction of sp³-hybridized carbons (Fsp3) is 0.344. The highest BCUT2D eigenvalue weighted by molar-refractivity contribution is 7.16. The van der Waals surface area contributed by atoms with E-state index in [0.717, 1.165) is 85.8 Å². The number of aryl methyl sites for hydroxylation is 1. The Balaban J connectivity index is 1.25. The Morgan fingerprint density at radius 3 is 2.48 bits per heavy atom. The number of para-hydroxylation sites is 2. The summed E-state index contributed by atoms with van der Waals surface area (Å²) < 4.78 is 5.49. The third-order valence-electron chi connectivity index (χ3n) is 7.58. The van der Waals surface area contributed by atoms with Crippen molar-refractivity contribution in [2.45, 2.75) is 32.6 Å². The monoisotopic (exact) mass is 553 g/mol. The van der Waals surface area contributed by atoms with Gasteiger partial charge in [0.05, 0.1) is 23.2 Å². The van der Waals surface area contributed by atoms with Gasteiger partial charge in [0.15, 0.2) is 11.6 Å². The Morgan fingerprint density at radius 1 is 0.975 bits per heavy atom. The minimum absolute atomic E-state index is 0.253. The summed E-state index contributed by atoms with van der Waals surface area (Å²) >= 11 is 1.67. The van der Waals surface area contributed by atoms with Crippen molar-refractivity contribution in [3.8, 4) is 0 Å². The van der Waals surface area contributed by atoms with Crippen LogP contribution in [0.15, 0.2) is 60.7 Å². The summed E-state index contributed by atoms with van der Waals surface area (Å²) in [6, 6.07) is 18.4. The molecule has 0 saturated carbocycles. The smallest absolute Gasteiger partial charge is 0.341 e. The van der Waals surface area contributed by atoms with Gasteiger partial charge in [-0.1, -0.05) is 54.6 Å². The summed E-state index contributed by atoms with van der Waals surface area (Å²) in [5.74, 6) is 1.27. The van der Waals surface area contributed by atoms with Crippen LogP contribution in [0.3, 0.4) is 0 Å². The van der Waals surface area contributed by atoms with Crippen LogP contribution in [0.1, 0.15) is 46.1 Å². The van der Waals surface area contributed by atoms with E-state index in [0.29, 0.717) is 18.0 Å². The lowest BCUT2D eigenvalue weighted by atomic mass is 9.95. The van der Waals surface area contributed by atoms with E-state index in [-0.39, 0.29) is 5.97 Å². The number of piperazine rings is 1. The topological polar surface area (TPSA) is 70.6 Å². The number of aromatic nitrogens is 2. The molecule has 0 unspecified atom stereocenters. The average molecular weight is 554 g/mol. The van der Waals surface area contributed by atoms with Crippen LogP contribution in [0.2, 0.25) is 0 Å². The summed E-state index contributed by atoms with van der Waals surface area (Å²) in [6.45, 7) is 6.71. The number of esters is 1. The number of hydrogen-bond acceptors (Lipinski definition) is 8. The molecule has 1 N–H and O–H groups in total. The number of carbonyl (C=O) groups excluding carboxylic acids is 1. The Labute approximate surface area is 239 Å². The zero-order valence-electron chi connectivity index (χ0n) is 22.9. The van der Waals surface area contributed by atoms with Gasteiger partial charge in [-0.2, -0.15) is 0 Å². The molecular formula is C32H35N5O2S. The predicted octanol–water partition coefficient (Wildman–Crippen LogP) is 6.33. The molecule has 8 heteroatoms. The fourth-order valence-electron chi connectivity index (χ4n) is 5.52. The molecule has 0 bridgehead atoms. The van der Waals surface area contributed by atoms with Crippen molar-refractivity contribution in [3.05, 3.63) is 82.2 Å². The molecule has 2 aromatic heterocycles. The number of thiophene rings is 1. The number of rotatable bonds is 8. The molecule has 40 heavy (non-hydrogen) atoms. The Morgan fingerprint density at radius 2 is 1.70 bits per heavy atom. The Bertz CT molecular complexity index is 1510. The third-order valence-corrected chi connectivity index (χ3v) is 8.79. The predicted molar refractivity (Wildman–Crippen MR) is 164 cm³/mol. The maximum Gasteiger partial charge on any atom is 0.341 e. The highest BCUT2D eigenvalue weighted by atomic mass is 32.1. The lowest BCUT2D eigenvalue weighted by molar-refractivity contribution is 0.0526. The van der Waals surface area contributed by atoms with Gasteiger partial charge in [-0.15, -0.1) is 11.3 Å². The molecule has 2 aliphatic rings. The van der Waals surface area contributed by atoms with E-state index >= 15 is 0 Å². The van der Waals surface area contributed by atoms with Crippen LogP contribution >= 0.6 is 11.3 Å². The first-order valence-electron chi connectivity index (χ1n) is 14.2. The van der Waals surface area contributed by atoms with E-state index in [9.17, 15) is 4.79 Å². The second kappa shape index (κ2) is 12.2. The van der Waals surface area contributed by atoms with Gasteiger partial charge < -0.3 is 15.0 Å². The van der Waals surface area contributed by atoms with Crippen LogP contribution in [0, 0.1) is 0 Å². The molecule has 0 atom stereocenters. The van der Waals surface area contributed by atoms with Crippen LogP contribution in [0.5, 0.6) is 0 Å². The van der Waals surface area contributed by atoms with Crippen molar-refractivity contribution in [2.24, 2.45) is 0 Å². The van der Waals surface area contributed by atoms with E-state index in [2.05, 4.69) is 51.5 Å². The SMILES string of the molecule is CCOC(=O)c1c(Nc2nc3ccccc3nc2N2CCN(CC=Cc3ccccc3)CC2)sc2c1CCCC2. The maximum atomic E-state index is 13.1. The molecule has 2 aromatic carbocycles. The van der Waals surface area contributed by atoms with Gasteiger partial charge in [-0.25, -0.2) is 14.8 Å². The fourth-order valence-corrected chi connectivity index (χ4v) is 6.80. The van der Waals surface area contributed by atoms with Crippen LogP contribution in [0.25, 0.3) is 17.1 Å². The first kappa shape index (κ1) is 26.5. The normalized spacial score (nSPS) is 15.9. The zero-order valence-corrected chi connectivity index (χ0v) is 23.8. The molecule has 0 spiro atoms. The molecule has 1 aliphatic carbocycles. The van der Waals surface area contributed by atoms with Crippen LogP contribution < -0.4 is 10.2 Å². The van der Waals surface area contributed by atoms with E-state index in [1.54, 1.807) is 11.3 Å². The lowest BCUT2D eigenvalue weighted by Crippen LogP contribution is -2.46. The summed E-state index contributed by atoms with van der Waals surface area (Å²) in [5, 5.41) is 4.39. The number of anilines is 3. The zero-order chi connectivity index (χ0) is 27.3. The largest absolute Gasteiger partial charge is 0.462 e. The number of fused-ring (bicyclic) bond motifs is 2. The molecule has 6 rings (SSSR count). The van der Waals surface area contributed by atoms with Crippen molar-refractivity contribution in [1.82, 2.24) is 14.9 Å². The number of nitrogens with zero attached hydrogens (tertiary/aromatic N) is 4. The molecule has 0 radical (unpaired) electrons. The highest BCUT2D eigenvalue weighted by Gasteiger charge is 2.28. The second-order valence-corrected chi connectivity index (χ2v) is 11.4. The van der Waals surface area contributed by atoms with E-state index in [4.69, 9.17) is 14.7 Å². The first-order chi connectivity index (χ1) is 19.7. The minimum atomic E-state index is -0.253. The quantitative estimate of drug-likeness (QED) is 0.256. The van der Waals surface area contributed by atoms with E-state index in [1.165, 1.54) is 10.4 Å². The second-order valence-electron chi connectivity index (χ2n) is 10.2. The van der Waals surface area contributed by atoms with Crippen molar-refractivity contribution in [2.75, 3.05) is 49.5 Å². The third kappa shape index (κ3) is 5.74. The molecule has 206 valence electrons. The van der Waals surface area contributed by atoms with Gasteiger partial charge in [-0.3, -0.25) is 4.90 Å². The lowest BCUT2D eigenvalue weighted by Gasteiger charge is -2.35. The summed E-state index contributed by atoms with van der Waals surface area (Å²) in [7, 11) is 0. The van der Waals surface area contributed by atoms with E-state index < -0.39 is 0 Å². The molecular weight excluding hydrogens is 518 g/mol. The number of carbonyl (C=O) groups is 1. The van der Waals surface area contributed by atoms with Gasteiger partial charge in [0.2, 0.25) is 0 Å². The van der Waals surface area contributed by atoms with Crippen molar-refractivity contribution < 1.29 is 9.53 Å². The van der Waals surface area contributed by atoms with Crippen LogP contribution in [-0.4, -0.2) is 60.2 Å². The standard InChI is InChI=1S/C32H35N5O2S/c1-2-39-32(38)28-24-14-6-9-17-27(24)40-31(28)35-29-30(34-26-16-8-7-15-25(26)33-29)37-21-19-36(20-22-37)18-10-13-23-11-4-3-5-12-23/h3-5,7-8,10-13,15-16H,2,6,9,14,17-22H2,1H3,(H,33,35). The molecule has 4 aromatic rings. The molecule has 1 fully saturated rings. The summed E-state index contributed by atoms with van der Waals surface area (Å²) in [6.07, 6.45) is 8.60. The molecule has 7 nitrogen and oxygen atoms in total. The Kier molecular flexibility index (Phi) is 8.07. The summed E-state index contributed by atoms with van der Waals surface area (Å²) in [4.78, 5) is 29.2. The van der Waals surface area contributed by atoms with Gasteiger partial charge in [0.25, 0.3) is 0 Å². The van der Waals surface area contributed by atoms with Crippen molar-refractivity contribution in [3.63, 3.8) is 0 Å². The number of benzene rings is 2. The number of ether oxygens (including phenoxy) is 1. The number of hydrogen-bond donors (Lipinski definition) is 1. The van der Waals surface area contributed by atoms with Crippen molar-refractivity contribution in [1.29, 1.82) is 0 Å². The molecule has 3 heterocycles. The van der Waals surface area contributed by atoms with Gasteiger partial charge in [0.1, 0.15) is 5.00 Å². The Hall–Kier alpha value is -3.75. The number of nitrogens with one attached hydrogen (secondary N) is 1. The van der Waals surface area contributed by atoms with Gasteiger partial charge in [-0.05, 0) is 55.9 Å². The highest BCUT2D eigenvalue weighted by Crippen LogP contribution is 2.41. The van der Waals surface area contributed by atoms with Gasteiger partial charge in [0, 0.05) is 37.6 Å².